The molecule has 2 aliphatic heterocycles. The molecule has 3 aromatic carbocycles. The van der Waals surface area contributed by atoms with Crippen molar-refractivity contribution in [3.63, 3.8) is 0 Å². The van der Waals surface area contributed by atoms with Crippen LogP contribution in [0, 0.1) is 0 Å². The van der Waals surface area contributed by atoms with E-state index in [4.69, 9.17) is 9.72 Å². The van der Waals surface area contributed by atoms with Crippen LogP contribution in [0.15, 0.2) is 91.3 Å². The van der Waals surface area contributed by atoms with Gasteiger partial charge < -0.3 is 34.6 Å². The summed E-state index contributed by atoms with van der Waals surface area (Å²) >= 11 is 0. The highest BCUT2D eigenvalue weighted by molar-refractivity contribution is 5.88. The Morgan fingerprint density at radius 2 is 1.25 bits per heavy atom. The Morgan fingerprint density at radius 3 is 1.72 bits per heavy atom. The number of amides is 4. The number of aromatic nitrogens is 4. The average Bonchev–Trinajstić information content (AvgIpc) is 4.09. The van der Waals surface area contributed by atoms with Crippen molar-refractivity contribution in [1.82, 2.24) is 40.0 Å². The van der Waals surface area contributed by atoms with Crippen molar-refractivity contribution < 1.29 is 28.7 Å². The molecule has 0 radical (unpaired) electrons. The molecule has 7 rings (SSSR count). The second kappa shape index (κ2) is 17.8. The van der Waals surface area contributed by atoms with Crippen LogP contribution in [0.1, 0.15) is 95.6 Å². The van der Waals surface area contributed by atoms with Crippen LogP contribution in [0.25, 0.3) is 33.6 Å². The number of benzene rings is 3. The standard InChI is InChI=1S/C46H54N8O6/c1-7-52(45(58)60-46(3,4)5)39(34-13-9-8-10-14-34)43(56)54-26-12-16-38(54)41-48-28-36(51-41)33-23-19-31(20-24-33)30-17-21-32(22-18-30)35-27-47-40(50-35)37-15-11-25-53(37)42(55)29(2)49-44(57)59-6/h8-10,13-14,17-24,27-29,37-39H,7,11-12,15-16,25-26H2,1-6H3,(H,47,50)(H,48,51)(H,49,57)/t29-,37?,38?,39+/m0/s1. The molecule has 2 aliphatic rings. The van der Waals surface area contributed by atoms with Gasteiger partial charge in [-0.15, -0.1) is 0 Å². The normalized spacial score (nSPS) is 17.6. The van der Waals surface area contributed by atoms with E-state index in [1.54, 1.807) is 18.0 Å². The molecule has 2 saturated heterocycles. The number of ether oxygens (including phenoxy) is 2. The molecule has 4 atom stereocenters. The Kier molecular flexibility index (Phi) is 12.4. The maximum atomic E-state index is 14.5. The zero-order valence-electron chi connectivity index (χ0n) is 35.1. The van der Waals surface area contributed by atoms with Gasteiger partial charge in [-0.3, -0.25) is 14.5 Å². The molecule has 2 fully saturated rings. The number of aromatic amines is 2. The van der Waals surface area contributed by atoms with Gasteiger partial charge in [0, 0.05) is 19.6 Å². The number of nitrogens with zero attached hydrogens (tertiary/aromatic N) is 5. The van der Waals surface area contributed by atoms with Gasteiger partial charge in [0.2, 0.25) is 5.91 Å². The van der Waals surface area contributed by atoms with E-state index in [9.17, 15) is 19.2 Å². The Bertz CT molecular complexity index is 2280. The molecular weight excluding hydrogens is 761 g/mol. The first-order chi connectivity index (χ1) is 28.8. The van der Waals surface area contributed by atoms with Crippen LogP contribution in [0.4, 0.5) is 9.59 Å². The quantitative estimate of drug-likeness (QED) is 0.120. The lowest BCUT2D eigenvalue weighted by atomic mass is 10.0. The summed E-state index contributed by atoms with van der Waals surface area (Å²) in [5, 5.41) is 2.56. The molecule has 5 aromatic rings. The minimum atomic E-state index is -0.840. The van der Waals surface area contributed by atoms with Crippen LogP contribution >= 0.6 is 0 Å². The first kappa shape index (κ1) is 41.7. The number of hydrogen-bond acceptors (Lipinski definition) is 8. The number of hydrogen-bond donors (Lipinski definition) is 3. The van der Waals surface area contributed by atoms with Crippen molar-refractivity contribution in [1.29, 1.82) is 0 Å². The summed E-state index contributed by atoms with van der Waals surface area (Å²) in [4.78, 5) is 74.2. The summed E-state index contributed by atoms with van der Waals surface area (Å²) in [5.74, 6) is 1.09. The van der Waals surface area contributed by atoms with E-state index in [1.165, 1.54) is 12.0 Å². The zero-order chi connectivity index (χ0) is 42.6. The molecule has 2 unspecified atom stereocenters. The molecule has 314 valence electrons. The lowest BCUT2D eigenvalue weighted by molar-refractivity contribution is -0.138. The largest absolute Gasteiger partial charge is 0.453 e. The minimum Gasteiger partial charge on any atom is -0.453 e. The van der Waals surface area contributed by atoms with Crippen molar-refractivity contribution in [3.05, 3.63) is 108 Å². The van der Waals surface area contributed by atoms with Crippen LogP contribution in [0.3, 0.4) is 0 Å². The number of methoxy groups -OCH3 is 1. The number of likely N-dealkylation sites (tertiary alicyclic amines) is 2. The maximum Gasteiger partial charge on any atom is 0.411 e. The highest BCUT2D eigenvalue weighted by Crippen LogP contribution is 2.37. The first-order valence-corrected chi connectivity index (χ1v) is 20.7. The number of carbonyl (C=O) groups excluding carboxylic acids is 4. The van der Waals surface area contributed by atoms with Crippen molar-refractivity contribution in [3.8, 4) is 33.6 Å². The minimum absolute atomic E-state index is 0.161. The molecule has 0 bridgehead atoms. The van der Waals surface area contributed by atoms with Crippen LogP contribution in [-0.4, -0.2) is 97.0 Å². The van der Waals surface area contributed by atoms with Gasteiger partial charge in [0.25, 0.3) is 5.91 Å². The third-order valence-corrected chi connectivity index (χ3v) is 11.1. The van der Waals surface area contributed by atoms with Crippen molar-refractivity contribution in [2.75, 3.05) is 26.7 Å². The Balaban J connectivity index is 1.02. The van der Waals surface area contributed by atoms with Gasteiger partial charge in [0.1, 0.15) is 29.3 Å². The molecule has 60 heavy (non-hydrogen) atoms. The van der Waals surface area contributed by atoms with Crippen molar-refractivity contribution >= 4 is 24.0 Å². The monoisotopic (exact) mass is 814 g/mol. The molecular formula is C46H54N8O6. The maximum absolute atomic E-state index is 14.5. The summed E-state index contributed by atoms with van der Waals surface area (Å²) in [5.41, 5.74) is 5.77. The van der Waals surface area contributed by atoms with E-state index in [1.807, 2.05) is 81.3 Å². The van der Waals surface area contributed by atoms with Gasteiger partial charge in [-0.2, -0.15) is 0 Å². The second-order valence-electron chi connectivity index (χ2n) is 16.3. The van der Waals surface area contributed by atoms with Crippen LogP contribution in [-0.2, 0) is 19.1 Å². The smallest absolute Gasteiger partial charge is 0.411 e. The number of alkyl carbamates (subject to hydrolysis) is 1. The summed E-state index contributed by atoms with van der Waals surface area (Å²) in [6.07, 6.45) is 5.63. The summed E-state index contributed by atoms with van der Waals surface area (Å²) in [6, 6.07) is 23.9. The fourth-order valence-corrected chi connectivity index (χ4v) is 8.15. The van der Waals surface area contributed by atoms with Crippen LogP contribution < -0.4 is 5.32 Å². The van der Waals surface area contributed by atoms with Crippen molar-refractivity contribution in [2.24, 2.45) is 0 Å². The number of nitrogens with one attached hydrogen (secondary N) is 3. The molecule has 3 N–H and O–H groups in total. The first-order valence-electron chi connectivity index (χ1n) is 20.7. The van der Waals surface area contributed by atoms with E-state index in [0.717, 1.165) is 64.9 Å². The number of likely N-dealkylation sites (N-methyl/N-ethyl adjacent to an activating group) is 1. The summed E-state index contributed by atoms with van der Waals surface area (Å²) in [6.45, 7) is 10.4. The fraction of sp³-hybridized carbons (Fsp3) is 0.391. The number of carbonyl (C=O) groups is 4. The number of rotatable bonds is 11. The predicted octanol–water partition coefficient (Wildman–Crippen LogP) is 8.20. The Labute approximate surface area is 350 Å². The van der Waals surface area contributed by atoms with E-state index in [0.29, 0.717) is 31.3 Å². The van der Waals surface area contributed by atoms with E-state index < -0.39 is 29.9 Å². The van der Waals surface area contributed by atoms with Gasteiger partial charge in [-0.25, -0.2) is 19.6 Å². The predicted molar refractivity (Wildman–Crippen MR) is 227 cm³/mol. The fourth-order valence-electron chi connectivity index (χ4n) is 8.15. The zero-order valence-corrected chi connectivity index (χ0v) is 35.1. The molecule has 0 saturated carbocycles. The molecule has 4 heterocycles. The molecule has 14 heteroatoms. The Hall–Kier alpha value is -6.44. The third-order valence-electron chi connectivity index (χ3n) is 11.1. The average molecular weight is 815 g/mol. The summed E-state index contributed by atoms with van der Waals surface area (Å²) < 4.78 is 10.4. The van der Waals surface area contributed by atoms with E-state index in [-0.39, 0.29) is 23.9 Å². The van der Waals surface area contributed by atoms with Crippen LogP contribution in [0.5, 0.6) is 0 Å². The number of imidazole rings is 2. The highest BCUT2D eigenvalue weighted by Gasteiger charge is 2.41. The molecule has 0 aliphatic carbocycles. The molecule has 4 amide bonds. The van der Waals surface area contributed by atoms with Gasteiger partial charge in [-0.05, 0) is 88.1 Å². The summed E-state index contributed by atoms with van der Waals surface area (Å²) in [7, 11) is 1.27. The Morgan fingerprint density at radius 1 is 0.767 bits per heavy atom. The molecule has 0 spiro atoms. The SMILES string of the molecule is CCN(C(=O)OC(C)(C)C)[C@@H](C(=O)N1CCCC1c1ncc(-c2ccc(-c3ccc(-c4cnc(C5CCCN5C(=O)[C@H](C)NC(=O)OC)[nH]4)cc3)cc2)[nH]1)c1ccccc1. The molecule has 14 nitrogen and oxygen atoms in total. The van der Waals surface area contributed by atoms with Gasteiger partial charge in [0.05, 0.1) is 43.0 Å². The second-order valence-corrected chi connectivity index (χ2v) is 16.3. The highest BCUT2D eigenvalue weighted by atomic mass is 16.6. The van der Waals surface area contributed by atoms with Gasteiger partial charge >= 0.3 is 12.2 Å². The molecule has 2 aromatic heterocycles. The third kappa shape index (κ3) is 9.07. The van der Waals surface area contributed by atoms with Crippen molar-refractivity contribution in [2.45, 2.75) is 90.1 Å². The lowest BCUT2D eigenvalue weighted by Crippen LogP contribution is -2.47. The van der Waals surface area contributed by atoms with Gasteiger partial charge in [-0.1, -0.05) is 78.9 Å². The van der Waals surface area contributed by atoms with E-state index in [2.05, 4.69) is 61.4 Å². The topological polar surface area (TPSA) is 166 Å². The van der Waals surface area contributed by atoms with Gasteiger partial charge in [0.15, 0.2) is 0 Å². The lowest BCUT2D eigenvalue weighted by Gasteiger charge is -2.35. The van der Waals surface area contributed by atoms with Crippen LogP contribution in [0.2, 0.25) is 0 Å². The van der Waals surface area contributed by atoms with E-state index >= 15 is 0 Å². The number of H-pyrrole nitrogens is 2.